The second-order valence-corrected chi connectivity index (χ2v) is 8.54. The molecular formula is C27H29FN2O3. The van der Waals surface area contributed by atoms with E-state index >= 15 is 0 Å². The number of carboxylic acids is 1. The van der Waals surface area contributed by atoms with Crippen LogP contribution in [-0.2, 0) is 12.8 Å². The van der Waals surface area contributed by atoms with E-state index < -0.39 is 5.97 Å². The first kappa shape index (κ1) is 22.8. The number of carbonyl (C=O) groups is 1. The minimum Gasteiger partial charge on any atom is -0.494 e. The molecule has 33 heavy (non-hydrogen) atoms. The van der Waals surface area contributed by atoms with E-state index in [1.54, 1.807) is 18.2 Å². The summed E-state index contributed by atoms with van der Waals surface area (Å²) in [4.78, 5) is 13.9. The number of fused-ring (bicyclic) bond motifs is 1. The van der Waals surface area contributed by atoms with Gasteiger partial charge in [-0.25, -0.2) is 9.18 Å². The third kappa shape index (κ3) is 5.17. The Labute approximate surface area is 193 Å². The molecule has 3 aromatic rings. The highest BCUT2D eigenvalue weighted by Gasteiger charge is 2.25. The van der Waals surface area contributed by atoms with Gasteiger partial charge in [-0.1, -0.05) is 30.3 Å². The van der Waals surface area contributed by atoms with Crippen LogP contribution in [0.2, 0.25) is 0 Å². The van der Waals surface area contributed by atoms with Crippen molar-refractivity contribution in [2.45, 2.75) is 19.8 Å². The first-order chi connectivity index (χ1) is 16.0. The highest BCUT2D eigenvalue weighted by atomic mass is 19.1. The molecular weight excluding hydrogens is 419 g/mol. The fourth-order valence-corrected chi connectivity index (χ4v) is 4.47. The van der Waals surface area contributed by atoms with Gasteiger partial charge in [0.15, 0.2) is 11.6 Å². The zero-order valence-corrected chi connectivity index (χ0v) is 19.0. The Bertz CT molecular complexity index is 1150. The molecule has 1 atom stereocenters. The first-order valence-corrected chi connectivity index (χ1v) is 11.2. The molecule has 0 bridgehead atoms. The molecule has 1 aliphatic rings. The number of para-hydroxylation sites is 1. The maximum absolute atomic E-state index is 13.6. The van der Waals surface area contributed by atoms with E-state index in [2.05, 4.69) is 22.3 Å². The molecule has 1 heterocycles. The van der Waals surface area contributed by atoms with Crippen molar-refractivity contribution in [3.8, 4) is 5.75 Å². The number of aromatic carboxylic acids is 1. The molecule has 0 aliphatic carbocycles. The van der Waals surface area contributed by atoms with E-state index in [-0.39, 0.29) is 11.6 Å². The second kappa shape index (κ2) is 10.0. The Morgan fingerprint density at radius 1 is 1.18 bits per heavy atom. The molecule has 0 spiro atoms. The molecule has 0 radical (unpaired) electrons. The van der Waals surface area contributed by atoms with E-state index in [0.717, 1.165) is 55.0 Å². The fourth-order valence-electron chi connectivity index (χ4n) is 4.47. The van der Waals surface area contributed by atoms with Gasteiger partial charge in [0.2, 0.25) is 0 Å². The number of hydrogen-bond donors (Lipinski definition) is 2. The predicted octanol–water partition coefficient (Wildman–Crippen LogP) is 4.98. The van der Waals surface area contributed by atoms with Crippen LogP contribution in [0.25, 0.3) is 0 Å². The van der Waals surface area contributed by atoms with Crippen molar-refractivity contribution in [1.29, 1.82) is 0 Å². The largest absolute Gasteiger partial charge is 0.494 e. The van der Waals surface area contributed by atoms with Crippen LogP contribution in [0, 0.1) is 18.7 Å². The minimum absolute atomic E-state index is 0.269. The van der Waals surface area contributed by atoms with Crippen molar-refractivity contribution in [2.24, 2.45) is 5.92 Å². The second-order valence-electron chi connectivity index (χ2n) is 8.54. The summed E-state index contributed by atoms with van der Waals surface area (Å²) in [5.74, 6) is -0.615. The molecule has 0 saturated carbocycles. The summed E-state index contributed by atoms with van der Waals surface area (Å²) in [5, 5.41) is 13.1. The number of benzene rings is 3. The maximum atomic E-state index is 13.6. The zero-order chi connectivity index (χ0) is 23.4. The highest BCUT2D eigenvalue weighted by Crippen LogP contribution is 2.36. The number of carboxylic acid groups (broad SMARTS) is 1. The summed E-state index contributed by atoms with van der Waals surface area (Å²) >= 11 is 0. The smallest absolute Gasteiger partial charge is 0.336 e. The maximum Gasteiger partial charge on any atom is 0.336 e. The van der Waals surface area contributed by atoms with Crippen LogP contribution in [0.15, 0.2) is 60.7 Å². The van der Waals surface area contributed by atoms with Gasteiger partial charge in [0, 0.05) is 17.9 Å². The summed E-state index contributed by atoms with van der Waals surface area (Å²) in [7, 11) is 1.47. The third-order valence-electron chi connectivity index (χ3n) is 6.23. The molecule has 4 rings (SSSR count). The van der Waals surface area contributed by atoms with Gasteiger partial charge in [0.05, 0.1) is 12.7 Å². The summed E-state index contributed by atoms with van der Waals surface area (Å²) in [6, 6.07) is 18.9. The van der Waals surface area contributed by atoms with Crippen LogP contribution in [0.4, 0.5) is 15.8 Å². The third-order valence-corrected chi connectivity index (χ3v) is 6.23. The number of ether oxygens (including phenoxy) is 1. The number of methoxy groups -OCH3 is 1. The topological polar surface area (TPSA) is 61.8 Å². The summed E-state index contributed by atoms with van der Waals surface area (Å²) < 4.78 is 18.7. The van der Waals surface area contributed by atoms with Crippen molar-refractivity contribution in [3.05, 3.63) is 88.7 Å². The minimum atomic E-state index is -0.907. The molecule has 0 aromatic heterocycles. The number of hydrogen-bond acceptors (Lipinski definition) is 4. The average molecular weight is 449 g/mol. The normalized spacial score (nSPS) is 15.2. The van der Waals surface area contributed by atoms with Crippen molar-refractivity contribution >= 4 is 17.3 Å². The summed E-state index contributed by atoms with van der Waals surface area (Å²) in [6.07, 6.45) is 1.74. The van der Waals surface area contributed by atoms with Crippen LogP contribution in [0.3, 0.4) is 0 Å². The molecule has 0 fully saturated rings. The number of aryl methyl sites for hydroxylation is 1. The quantitative estimate of drug-likeness (QED) is 0.476. The lowest BCUT2D eigenvalue weighted by atomic mass is 9.91. The zero-order valence-electron chi connectivity index (χ0n) is 19.0. The van der Waals surface area contributed by atoms with Gasteiger partial charge in [-0.3, -0.25) is 0 Å². The molecule has 2 N–H and O–H groups in total. The molecule has 0 amide bonds. The van der Waals surface area contributed by atoms with Gasteiger partial charge in [-0.05, 0) is 85.8 Å². The molecule has 5 nitrogen and oxygen atoms in total. The predicted molar refractivity (Wildman–Crippen MR) is 128 cm³/mol. The molecule has 172 valence electrons. The van der Waals surface area contributed by atoms with Crippen molar-refractivity contribution in [1.82, 2.24) is 5.32 Å². The van der Waals surface area contributed by atoms with Gasteiger partial charge >= 0.3 is 5.97 Å². The van der Waals surface area contributed by atoms with Crippen molar-refractivity contribution in [2.75, 3.05) is 31.6 Å². The van der Waals surface area contributed by atoms with Gasteiger partial charge in [0.1, 0.15) is 0 Å². The molecule has 3 aromatic carbocycles. The monoisotopic (exact) mass is 448 g/mol. The Hall–Kier alpha value is -3.38. The first-order valence-electron chi connectivity index (χ1n) is 11.2. The van der Waals surface area contributed by atoms with E-state index in [4.69, 9.17) is 4.74 Å². The summed E-state index contributed by atoms with van der Waals surface area (Å²) in [5.41, 5.74) is 5.40. The van der Waals surface area contributed by atoms with Gasteiger partial charge < -0.3 is 20.1 Å². The van der Waals surface area contributed by atoms with Gasteiger partial charge in [-0.15, -0.1) is 0 Å². The van der Waals surface area contributed by atoms with Crippen molar-refractivity contribution < 1.29 is 19.0 Å². The SMILES string of the molecule is COc1cc(CCNC[C@H]2Cc3ccccc3N(c3ccc(C)c(C(=O)O)c3)C2)ccc1F. The highest BCUT2D eigenvalue weighted by molar-refractivity contribution is 5.91. The molecule has 1 aliphatic heterocycles. The number of nitrogens with one attached hydrogen (secondary N) is 1. The van der Waals surface area contributed by atoms with Gasteiger partial charge in [0.25, 0.3) is 0 Å². The molecule has 0 unspecified atom stereocenters. The van der Waals surface area contributed by atoms with Crippen LogP contribution < -0.4 is 15.0 Å². The van der Waals surface area contributed by atoms with E-state index in [9.17, 15) is 14.3 Å². The van der Waals surface area contributed by atoms with Gasteiger partial charge in [-0.2, -0.15) is 0 Å². The lowest BCUT2D eigenvalue weighted by Gasteiger charge is -2.36. The number of halogens is 1. The van der Waals surface area contributed by atoms with Crippen LogP contribution in [-0.4, -0.2) is 37.8 Å². The lowest BCUT2D eigenvalue weighted by Crippen LogP contribution is -2.38. The molecule has 0 saturated heterocycles. The van der Waals surface area contributed by atoms with E-state index in [1.165, 1.54) is 18.7 Å². The lowest BCUT2D eigenvalue weighted by molar-refractivity contribution is 0.0696. The van der Waals surface area contributed by atoms with Crippen LogP contribution >= 0.6 is 0 Å². The van der Waals surface area contributed by atoms with E-state index in [0.29, 0.717) is 11.5 Å². The van der Waals surface area contributed by atoms with E-state index in [1.807, 2.05) is 31.2 Å². The standard InChI is InChI=1S/C27H29FN2O3/c1-18-7-9-22(15-23(18)27(31)32)30-17-20(13-21-5-3-4-6-25(21)30)16-29-12-11-19-8-10-24(28)26(14-19)33-2/h3-10,14-15,20,29H,11-13,16-17H2,1-2H3,(H,31,32)/t20-/m1/s1. The Kier molecular flexibility index (Phi) is 6.94. The Balaban J connectivity index is 1.44. The Morgan fingerprint density at radius 2 is 2.00 bits per heavy atom. The number of anilines is 2. The van der Waals surface area contributed by atoms with Crippen LogP contribution in [0.5, 0.6) is 5.75 Å². The molecule has 6 heteroatoms. The average Bonchev–Trinajstić information content (AvgIpc) is 2.82. The number of rotatable bonds is 8. The number of nitrogens with zero attached hydrogens (tertiary/aromatic N) is 1. The Morgan fingerprint density at radius 3 is 2.79 bits per heavy atom. The van der Waals surface area contributed by atoms with Crippen LogP contribution in [0.1, 0.15) is 27.0 Å². The summed E-state index contributed by atoms with van der Waals surface area (Å²) in [6.45, 7) is 4.23. The van der Waals surface area contributed by atoms with Crippen molar-refractivity contribution in [3.63, 3.8) is 0 Å². The fraction of sp³-hybridized carbons (Fsp3) is 0.296.